The van der Waals surface area contributed by atoms with Crippen LogP contribution in [0.25, 0.3) is 0 Å². The summed E-state index contributed by atoms with van der Waals surface area (Å²) in [4.78, 5) is 17.0. The lowest BCUT2D eigenvalue weighted by Crippen LogP contribution is -2.48. The Morgan fingerprint density at radius 1 is 1.00 bits per heavy atom. The predicted molar refractivity (Wildman–Crippen MR) is 113 cm³/mol. The van der Waals surface area contributed by atoms with Crippen LogP contribution >= 0.6 is 0 Å². The molecule has 0 unspecified atom stereocenters. The van der Waals surface area contributed by atoms with E-state index in [1.54, 1.807) is 0 Å². The van der Waals surface area contributed by atoms with Gasteiger partial charge in [-0.3, -0.25) is 9.69 Å². The Hall–Kier alpha value is -2.73. The number of hydrogen-bond acceptors (Lipinski definition) is 5. The van der Waals surface area contributed by atoms with E-state index < -0.39 is 0 Å². The molecular weight excluding hydrogens is 366 g/mol. The van der Waals surface area contributed by atoms with Crippen molar-refractivity contribution >= 4 is 11.6 Å². The van der Waals surface area contributed by atoms with Crippen LogP contribution < -0.4 is 14.8 Å². The van der Waals surface area contributed by atoms with Crippen molar-refractivity contribution in [2.45, 2.75) is 26.8 Å². The van der Waals surface area contributed by atoms with E-state index >= 15 is 0 Å². The number of amides is 1. The quantitative estimate of drug-likeness (QED) is 0.814. The topological polar surface area (TPSA) is 54.0 Å². The first kappa shape index (κ1) is 19.6. The van der Waals surface area contributed by atoms with Crippen molar-refractivity contribution in [2.75, 3.05) is 44.8 Å². The Morgan fingerprint density at radius 2 is 1.72 bits per heavy atom. The minimum absolute atomic E-state index is 0.228. The van der Waals surface area contributed by atoms with Gasteiger partial charge in [0.25, 0.3) is 0 Å². The summed E-state index contributed by atoms with van der Waals surface area (Å²) in [6.07, 6.45) is 0.524. The second kappa shape index (κ2) is 8.74. The van der Waals surface area contributed by atoms with Crippen molar-refractivity contribution in [3.63, 3.8) is 0 Å². The monoisotopic (exact) mass is 395 g/mol. The third-order valence-electron chi connectivity index (χ3n) is 5.69. The highest BCUT2D eigenvalue weighted by Crippen LogP contribution is 2.32. The number of piperazine rings is 1. The van der Waals surface area contributed by atoms with E-state index in [1.165, 1.54) is 16.7 Å². The molecule has 2 aliphatic heterocycles. The van der Waals surface area contributed by atoms with E-state index in [0.717, 1.165) is 49.9 Å². The minimum Gasteiger partial charge on any atom is -0.454 e. The zero-order chi connectivity index (χ0) is 20.2. The third kappa shape index (κ3) is 4.65. The van der Waals surface area contributed by atoms with Crippen LogP contribution in [0.3, 0.4) is 0 Å². The number of para-hydroxylation sites is 1. The zero-order valence-electron chi connectivity index (χ0n) is 17.2. The first-order valence-corrected chi connectivity index (χ1v) is 10.3. The van der Waals surface area contributed by atoms with Gasteiger partial charge in [-0.1, -0.05) is 24.3 Å². The van der Waals surface area contributed by atoms with Crippen LogP contribution in [0, 0.1) is 13.8 Å². The van der Waals surface area contributed by atoms with E-state index in [1.807, 2.05) is 11.0 Å². The number of carbonyl (C=O) groups excluding carboxylic acids is 1. The van der Waals surface area contributed by atoms with Crippen molar-refractivity contribution in [1.82, 2.24) is 9.80 Å². The molecule has 0 bridgehead atoms. The van der Waals surface area contributed by atoms with Gasteiger partial charge in [0.2, 0.25) is 12.7 Å². The number of nitrogens with zero attached hydrogens (tertiary/aromatic N) is 2. The minimum atomic E-state index is 0.228. The summed E-state index contributed by atoms with van der Waals surface area (Å²) in [5, 5.41) is 3.43. The molecule has 2 aromatic rings. The molecule has 0 radical (unpaired) electrons. The molecular formula is C23H29N3O3. The number of fused-ring (bicyclic) bond motifs is 1. The maximum Gasteiger partial charge on any atom is 0.231 e. The fourth-order valence-electron chi connectivity index (χ4n) is 4.00. The van der Waals surface area contributed by atoms with Gasteiger partial charge in [0.1, 0.15) is 0 Å². The largest absolute Gasteiger partial charge is 0.454 e. The average molecular weight is 396 g/mol. The highest BCUT2D eigenvalue weighted by molar-refractivity contribution is 5.77. The lowest BCUT2D eigenvalue weighted by molar-refractivity contribution is -0.132. The standard InChI is InChI=1S/C23H29N3O3/c1-17-4-3-5-18(2)23(17)24-9-8-22(27)26-12-10-25(11-13-26)15-19-6-7-20-21(14-19)29-16-28-20/h3-7,14,24H,8-13,15-16H2,1-2H3. The van der Waals surface area contributed by atoms with E-state index in [0.29, 0.717) is 19.8 Å². The maximum atomic E-state index is 12.6. The molecule has 1 N–H and O–H groups in total. The molecule has 2 heterocycles. The van der Waals surface area contributed by atoms with Crippen LogP contribution in [0.4, 0.5) is 5.69 Å². The number of nitrogens with one attached hydrogen (secondary N) is 1. The fraction of sp³-hybridized carbons (Fsp3) is 0.435. The fourth-order valence-corrected chi connectivity index (χ4v) is 4.00. The molecule has 1 fully saturated rings. The number of rotatable bonds is 6. The van der Waals surface area contributed by atoms with Crippen LogP contribution in [-0.2, 0) is 11.3 Å². The average Bonchev–Trinajstić information content (AvgIpc) is 3.18. The van der Waals surface area contributed by atoms with Gasteiger partial charge in [0.15, 0.2) is 11.5 Å². The van der Waals surface area contributed by atoms with Gasteiger partial charge in [-0.15, -0.1) is 0 Å². The Balaban J connectivity index is 1.21. The number of anilines is 1. The van der Waals surface area contributed by atoms with E-state index in [4.69, 9.17) is 9.47 Å². The third-order valence-corrected chi connectivity index (χ3v) is 5.69. The second-order valence-corrected chi connectivity index (χ2v) is 7.79. The molecule has 0 atom stereocenters. The van der Waals surface area contributed by atoms with Gasteiger partial charge < -0.3 is 19.7 Å². The molecule has 29 heavy (non-hydrogen) atoms. The normalized spacial score (nSPS) is 16.1. The SMILES string of the molecule is Cc1cccc(C)c1NCCC(=O)N1CCN(Cc2ccc3c(c2)OCO3)CC1. The molecule has 0 aromatic heterocycles. The first-order valence-electron chi connectivity index (χ1n) is 10.3. The smallest absolute Gasteiger partial charge is 0.231 e. The van der Waals surface area contributed by atoms with Crippen molar-refractivity contribution in [3.05, 3.63) is 53.1 Å². The first-order chi connectivity index (χ1) is 14.1. The lowest BCUT2D eigenvalue weighted by atomic mass is 10.1. The molecule has 1 saturated heterocycles. The Kier molecular flexibility index (Phi) is 5.90. The number of hydrogen-bond donors (Lipinski definition) is 1. The number of aryl methyl sites for hydroxylation is 2. The Morgan fingerprint density at radius 3 is 2.48 bits per heavy atom. The molecule has 6 heteroatoms. The van der Waals surface area contributed by atoms with Gasteiger partial charge in [-0.2, -0.15) is 0 Å². The predicted octanol–water partition coefficient (Wildman–Crippen LogP) is 3.18. The van der Waals surface area contributed by atoms with E-state index in [9.17, 15) is 4.79 Å². The van der Waals surface area contributed by atoms with Gasteiger partial charge in [0.05, 0.1) is 0 Å². The van der Waals surface area contributed by atoms with E-state index in [2.05, 4.69) is 54.4 Å². The summed E-state index contributed by atoms with van der Waals surface area (Å²) in [6.45, 7) is 9.38. The van der Waals surface area contributed by atoms with Crippen LogP contribution in [0.2, 0.25) is 0 Å². The van der Waals surface area contributed by atoms with Gasteiger partial charge in [0, 0.05) is 51.4 Å². The summed E-state index contributed by atoms with van der Waals surface area (Å²) in [5.74, 6) is 1.87. The highest BCUT2D eigenvalue weighted by atomic mass is 16.7. The molecule has 2 aliphatic rings. The molecule has 0 aliphatic carbocycles. The summed E-state index contributed by atoms with van der Waals surface area (Å²) < 4.78 is 10.8. The van der Waals surface area contributed by atoms with Crippen LogP contribution in [0.1, 0.15) is 23.1 Å². The number of carbonyl (C=O) groups is 1. The zero-order valence-corrected chi connectivity index (χ0v) is 17.2. The number of benzene rings is 2. The molecule has 1 amide bonds. The molecule has 2 aromatic carbocycles. The highest BCUT2D eigenvalue weighted by Gasteiger charge is 2.21. The van der Waals surface area contributed by atoms with Crippen molar-refractivity contribution in [2.24, 2.45) is 0 Å². The number of ether oxygens (including phenoxy) is 2. The summed E-state index contributed by atoms with van der Waals surface area (Å²) in [7, 11) is 0. The Labute approximate surface area is 172 Å². The van der Waals surface area contributed by atoms with Crippen molar-refractivity contribution < 1.29 is 14.3 Å². The molecule has 4 rings (SSSR count). The van der Waals surface area contributed by atoms with Crippen molar-refractivity contribution in [3.8, 4) is 11.5 Å². The van der Waals surface area contributed by atoms with Crippen molar-refractivity contribution in [1.29, 1.82) is 0 Å². The molecule has 154 valence electrons. The van der Waals surface area contributed by atoms with Crippen LogP contribution in [0.5, 0.6) is 11.5 Å². The Bertz CT molecular complexity index is 855. The van der Waals surface area contributed by atoms with Crippen LogP contribution in [-0.4, -0.2) is 55.2 Å². The second-order valence-electron chi connectivity index (χ2n) is 7.79. The van der Waals surface area contributed by atoms with Gasteiger partial charge in [-0.05, 0) is 42.7 Å². The van der Waals surface area contributed by atoms with Gasteiger partial charge in [-0.25, -0.2) is 0 Å². The van der Waals surface area contributed by atoms with Gasteiger partial charge >= 0.3 is 0 Å². The summed E-state index contributed by atoms with van der Waals surface area (Å²) >= 11 is 0. The van der Waals surface area contributed by atoms with E-state index in [-0.39, 0.29) is 5.91 Å². The molecule has 0 spiro atoms. The summed E-state index contributed by atoms with van der Waals surface area (Å²) in [5.41, 5.74) is 4.80. The molecule has 0 saturated carbocycles. The van der Waals surface area contributed by atoms with Crippen LogP contribution in [0.15, 0.2) is 36.4 Å². The summed E-state index contributed by atoms with van der Waals surface area (Å²) in [6, 6.07) is 12.4. The lowest BCUT2D eigenvalue weighted by Gasteiger charge is -2.35. The molecule has 6 nitrogen and oxygen atoms in total. The maximum absolute atomic E-state index is 12.6.